The number of aromatic nitrogens is 2. The summed E-state index contributed by atoms with van der Waals surface area (Å²) >= 11 is 0. The normalized spacial score (nSPS) is 16.8. The molecule has 2 heterocycles. The summed E-state index contributed by atoms with van der Waals surface area (Å²) in [5.41, 5.74) is 2.34. The van der Waals surface area contributed by atoms with Crippen LogP contribution in [-0.2, 0) is 29.1 Å². The Morgan fingerprint density at radius 2 is 2.12 bits per heavy atom. The predicted octanol–water partition coefficient (Wildman–Crippen LogP) is 1.02. The molecule has 0 saturated heterocycles. The molecule has 0 fully saturated rings. The minimum atomic E-state index is -1.04. The molecule has 0 aliphatic carbocycles. The fourth-order valence-electron chi connectivity index (χ4n) is 3.00. The van der Waals surface area contributed by atoms with Crippen LogP contribution in [0.15, 0.2) is 30.6 Å². The average molecular weight is 346 g/mol. The molecule has 1 aliphatic heterocycles. The van der Waals surface area contributed by atoms with Gasteiger partial charge in [-0.25, -0.2) is 14.2 Å². The number of fused-ring (bicyclic) bond motifs is 1. The number of carbonyl (C=O) groups is 2. The van der Waals surface area contributed by atoms with Gasteiger partial charge in [-0.05, 0) is 24.7 Å². The Balaban J connectivity index is 1.66. The Hall–Kier alpha value is -2.74. The summed E-state index contributed by atoms with van der Waals surface area (Å²) in [5.74, 6) is -1.61. The van der Waals surface area contributed by atoms with Crippen LogP contribution in [0.2, 0.25) is 0 Å². The van der Waals surface area contributed by atoms with Gasteiger partial charge in [0.1, 0.15) is 11.9 Å². The smallest absolute Gasteiger partial charge is 0.326 e. The molecule has 0 saturated carbocycles. The van der Waals surface area contributed by atoms with Gasteiger partial charge in [0.2, 0.25) is 5.91 Å². The molecule has 1 atom stereocenters. The molecule has 8 heteroatoms. The Labute approximate surface area is 144 Å². The van der Waals surface area contributed by atoms with Gasteiger partial charge in [0.05, 0.1) is 30.8 Å². The first-order chi connectivity index (χ1) is 11.9. The topological polar surface area (TPSA) is 89.5 Å². The van der Waals surface area contributed by atoms with Gasteiger partial charge < -0.3 is 15.0 Å². The highest BCUT2D eigenvalue weighted by Crippen LogP contribution is 2.21. The second-order valence-electron chi connectivity index (χ2n) is 6.21. The van der Waals surface area contributed by atoms with Gasteiger partial charge in [0.25, 0.3) is 0 Å². The first kappa shape index (κ1) is 17.1. The lowest BCUT2D eigenvalue weighted by Crippen LogP contribution is -2.51. The number of hydrogen-bond donors (Lipinski definition) is 2. The number of imidazole rings is 1. The molecule has 7 nitrogen and oxygen atoms in total. The maximum atomic E-state index is 13.0. The molecule has 1 amide bonds. The van der Waals surface area contributed by atoms with Crippen LogP contribution in [0.4, 0.5) is 4.39 Å². The van der Waals surface area contributed by atoms with E-state index in [1.165, 1.54) is 23.4 Å². The zero-order valence-electron chi connectivity index (χ0n) is 13.8. The van der Waals surface area contributed by atoms with E-state index >= 15 is 0 Å². The number of carbonyl (C=O) groups excluding carboxylic acids is 1. The van der Waals surface area contributed by atoms with Crippen molar-refractivity contribution < 1.29 is 19.1 Å². The second kappa shape index (κ2) is 7.02. The van der Waals surface area contributed by atoms with Crippen LogP contribution in [0.1, 0.15) is 17.0 Å². The van der Waals surface area contributed by atoms with Gasteiger partial charge >= 0.3 is 5.97 Å². The van der Waals surface area contributed by atoms with Crippen molar-refractivity contribution in [3.8, 4) is 0 Å². The van der Waals surface area contributed by atoms with Crippen molar-refractivity contribution in [2.75, 3.05) is 13.6 Å². The zero-order valence-corrected chi connectivity index (χ0v) is 13.8. The van der Waals surface area contributed by atoms with Crippen LogP contribution in [-0.4, -0.2) is 56.4 Å². The zero-order chi connectivity index (χ0) is 18.0. The molecular weight excluding hydrogens is 327 g/mol. The number of nitrogens with one attached hydrogen (secondary N) is 1. The summed E-state index contributed by atoms with van der Waals surface area (Å²) in [6, 6.07) is 5.15. The maximum Gasteiger partial charge on any atom is 0.326 e. The summed E-state index contributed by atoms with van der Waals surface area (Å²) in [7, 11) is 1.77. The van der Waals surface area contributed by atoms with E-state index < -0.39 is 12.0 Å². The molecule has 1 aliphatic rings. The number of halogens is 1. The molecule has 2 aromatic rings. The van der Waals surface area contributed by atoms with Crippen molar-refractivity contribution in [1.82, 2.24) is 19.8 Å². The number of aromatic amines is 1. The third-order valence-corrected chi connectivity index (χ3v) is 4.28. The summed E-state index contributed by atoms with van der Waals surface area (Å²) in [6.45, 7) is 0.743. The van der Waals surface area contributed by atoms with Crippen LogP contribution in [0.5, 0.6) is 0 Å². The largest absolute Gasteiger partial charge is 0.480 e. The van der Waals surface area contributed by atoms with Crippen LogP contribution >= 0.6 is 0 Å². The lowest BCUT2D eigenvalue weighted by Gasteiger charge is -2.33. The number of H-pyrrole nitrogens is 1. The summed E-state index contributed by atoms with van der Waals surface area (Å²) in [4.78, 5) is 34.4. The van der Waals surface area contributed by atoms with Gasteiger partial charge in [-0.1, -0.05) is 12.1 Å². The molecule has 0 radical (unpaired) electrons. The maximum absolute atomic E-state index is 13.0. The lowest BCUT2D eigenvalue weighted by atomic mass is 10.0. The van der Waals surface area contributed by atoms with Crippen LogP contribution in [0.3, 0.4) is 0 Å². The minimum absolute atomic E-state index is 0.0740. The van der Waals surface area contributed by atoms with Gasteiger partial charge in [-0.2, -0.15) is 0 Å². The van der Waals surface area contributed by atoms with Gasteiger partial charge in [-0.3, -0.25) is 9.69 Å². The van der Waals surface area contributed by atoms with E-state index in [1.54, 1.807) is 24.1 Å². The van der Waals surface area contributed by atoms with Crippen LogP contribution in [0, 0.1) is 5.82 Å². The third-order valence-electron chi connectivity index (χ3n) is 4.28. The van der Waals surface area contributed by atoms with Gasteiger partial charge in [-0.15, -0.1) is 0 Å². The van der Waals surface area contributed by atoms with E-state index in [0.29, 0.717) is 12.2 Å². The quantitative estimate of drug-likeness (QED) is 0.844. The first-order valence-corrected chi connectivity index (χ1v) is 7.90. The van der Waals surface area contributed by atoms with Crippen molar-refractivity contribution in [2.45, 2.75) is 25.6 Å². The number of nitrogens with zero attached hydrogens (tertiary/aromatic N) is 3. The number of hydrogen-bond acceptors (Lipinski definition) is 4. The molecule has 0 spiro atoms. The molecule has 132 valence electrons. The molecular formula is C17H19FN4O3. The molecule has 1 aromatic heterocycles. The number of aliphatic carboxylic acids is 1. The lowest BCUT2D eigenvalue weighted by molar-refractivity contribution is -0.151. The molecule has 1 aromatic carbocycles. The number of benzene rings is 1. The molecule has 1 unspecified atom stereocenters. The Bertz CT molecular complexity index is 774. The first-order valence-electron chi connectivity index (χ1n) is 7.90. The van der Waals surface area contributed by atoms with Gasteiger partial charge in [0.15, 0.2) is 0 Å². The highest BCUT2D eigenvalue weighted by atomic mass is 19.1. The number of carboxylic acid groups (broad SMARTS) is 1. The Morgan fingerprint density at radius 3 is 2.80 bits per heavy atom. The molecule has 2 N–H and O–H groups in total. The van der Waals surface area contributed by atoms with E-state index in [-0.39, 0.29) is 31.2 Å². The third kappa shape index (κ3) is 3.85. The fraction of sp³-hybridized carbons (Fsp3) is 0.353. The van der Waals surface area contributed by atoms with Crippen molar-refractivity contribution in [1.29, 1.82) is 0 Å². The van der Waals surface area contributed by atoms with E-state index in [0.717, 1.165) is 11.3 Å². The van der Waals surface area contributed by atoms with E-state index in [4.69, 9.17) is 0 Å². The van der Waals surface area contributed by atoms with E-state index in [1.807, 2.05) is 0 Å². The standard InChI is InChI=1S/C17H19FN4O3/c1-21(7-11-2-4-12(18)5-3-11)9-16(23)22-8-14-13(19-10-20-14)6-15(22)17(24)25/h2-5,10,15H,6-9H2,1H3,(H,19,20)(H,24,25). The monoisotopic (exact) mass is 346 g/mol. The predicted molar refractivity (Wildman–Crippen MR) is 87.0 cm³/mol. The van der Waals surface area contributed by atoms with Crippen LogP contribution in [0.25, 0.3) is 0 Å². The summed E-state index contributed by atoms with van der Waals surface area (Å²) < 4.78 is 13.0. The summed E-state index contributed by atoms with van der Waals surface area (Å²) in [6.07, 6.45) is 1.71. The van der Waals surface area contributed by atoms with Crippen LogP contribution < -0.4 is 0 Å². The highest BCUT2D eigenvalue weighted by Gasteiger charge is 2.36. The second-order valence-corrected chi connectivity index (χ2v) is 6.21. The number of rotatable bonds is 5. The van der Waals surface area contributed by atoms with E-state index in [2.05, 4.69) is 9.97 Å². The number of amides is 1. The van der Waals surface area contributed by atoms with Crippen molar-refractivity contribution in [3.05, 3.63) is 53.4 Å². The highest BCUT2D eigenvalue weighted by molar-refractivity contribution is 5.85. The SMILES string of the molecule is CN(CC(=O)N1Cc2[nH]cnc2CC1C(=O)O)Cc1ccc(F)cc1. The summed E-state index contributed by atoms with van der Waals surface area (Å²) in [5, 5.41) is 9.43. The number of likely N-dealkylation sites (N-methyl/N-ethyl adjacent to an activating group) is 1. The van der Waals surface area contributed by atoms with Crippen molar-refractivity contribution in [2.24, 2.45) is 0 Å². The van der Waals surface area contributed by atoms with E-state index in [9.17, 15) is 19.1 Å². The Morgan fingerprint density at radius 1 is 1.40 bits per heavy atom. The number of carboxylic acids is 1. The molecule has 3 rings (SSSR count). The van der Waals surface area contributed by atoms with Crippen molar-refractivity contribution >= 4 is 11.9 Å². The minimum Gasteiger partial charge on any atom is -0.480 e. The average Bonchev–Trinajstić information content (AvgIpc) is 3.03. The Kier molecular flexibility index (Phi) is 4.80. The molecule has 0 bridgehead atoms. The molecule has 25 heavy (non-hydrogen) atoms. The fourth-order valence-corrected chi connectivity index (χ4v) is 3.00. The van der Waals surface area contributed by atoms with Gasteiger partial charge in [0, 0.05) is 13.0 Å². The van der Waals surface area contributed by atoms with Crippen molar-refractivity contribution in [3.63, 3.8) is 0 Å².